The number of thioether (sulfide) groups is 1. The third-order valence-corrected chi connectivity index (χ3v) is 5.76. The van der Waals surface area contributed by atoms with Crippen LogP contribution in [-0.4, -0.2) is 76.0 Å². The van der Waals surface area contributed by atoms with Crippen molar-refractivity contribution in [3.63, 3.8) is 0 Å². The Kier molecular flexibility index (Phi) is 12.8. The fourth-order valence-corrected chi connectivity index (χ4v) is 3.64. The molecule has 0 fully saturated rings. The van der Waals surface area contributed by atoms with Gasteiger partial charge in [0.2, 0.25) is 17.7 Å². The molecule has 12 heteroatoms. The molecule has 0 saturated heterocycles. The molecule has 0 aliphatic rings. The lowest BCUT2D eigenvalue weighted by molar-refractivity contribution is -0.144. The summed E-state index contributed by atoms with van der Waals surface area (Å²) in [5.74, 6) is -4.80. The van der Waals surface area contributed by atoms with Gasteiger partial charge in [0.15, 0.2) is 0 Å². The molecule has 4 unspecified atom stereocenters. The summed E-state index contributed by atoms with van der Waals surface area (Å²) >= 11 is 1.41. The van der Waals surface area contributed by atoms with Crippen LogP contribution in [0.5, 0.6) is 0 Å². The van der Waals surface area contributed by atoms with E-state index < -0.39 is 66.2 Å². The van der Waals surface area contributed by atoms with Crippen molar-refractivity contribution in [2.24, 2.45) is 11.7 Å². The van der Waals surface area contributed by atoms with Gasteiger partial charge in [0.1, 0.15) is 18.1 Å². The zero-order valence-corrected chi connectivity index (χ0v) is 20.8. The highest BCUT2D eigenvalue weighted by atomic mass is 32.2. The van der Waals surface area contributed by atoms with Crippen molar-refractivity contribution in [1.29, 1.82) is 0 Å². The Labute approximate surface area is 208 Å². The molecule has 11 nitrogen and oxygen atoms in total. The van der Waals surface area contributed by atoms with Gasteiger partial charge >= 0.3 is 11.9 Å². The molecule has 3 amide bonds. The van der Waals surface area contributed by atoms with Crippen LogP contribution in [0, 0.1) is 5.92 Å². The van der Waals surface area contributed by atoms with Gasteiger partial charge in [0.05, 0.1) is 12.5 Å². The quantitative estimate of drug-likeness (QED) is 0.188. The molecule has 0 aromatic heterocycles. The number of amides is 3. The van der Waals surface area contributed by atoms with Crippen molar-refractivity contribution in [3.05, 3.63) is 35.9 Å². The zero-order valence-electron chi connectivity index (χ0n) is 20.0. The monoisotopic (exact) mass is 510 g/mol. The molecule has 0 heterocycles. The first-order chi connectivity index (χ1) is 16.5. The maximum absolute atomic E-state index is 12.9. The van der Waals surface area contributed by atoms with Crippen LogP contribution < -0.4 is 21.7 Å². The number of nitrogens with two attached hydrogens (primary N) is 1. The van der Waals surface area contributed by atoms with Crippen molar-refractivity contribution in [2.75, 3.05) is 12.0 Å². The molecule has 1 aromatic carbocycles. The number of aliphatic carboxylic acids is 2. The van der Waals surface area contributed by atoms with E-state index in [0.717, 1.165) is 5.56 Å². The van der Waals surface area contributed by atoms with E-state index in [9.17, 15) is 34.2 Å². The van der Waals surface area contributed by atoms with E-state index in [4.69, 9.17) is 5.73 Å². The molecule has 35 heavy (non-hydrogen) atoms. The predicted molar refractivity (Wildman–Crippen MR) is 132 cm³/mol. The van der Waals surface area contributed by atoms with Crippen molar-refractivity contribution in [2.45, 2.75) is 57.3 Å². The highest BCUT2D eigenvalue weighted by molar-refractivity contribution is 7.98. The molecular formula is C23H34N4O7S. The van der Waals surface area contributed by atoms with E-state index >= 15 is 0 Å². The summed E-state index contributed by atoms with van der Waals surface area (Å²) in [6.45, 7) is 3.26. The highest BCUT2D eigenvalue weighted by Crippen LogP contribution is 2.07. The summed E-state index contributed by atoms with van der Waals surface area (Å²) in [5, 5.41) is 25.8. The fourth-order valence-electron chi connectivity index (χ4n) is 3.17. The Morgan fingerprint density at radius 1 is 0.914 bits per heavy atom. The number of carboxylic acid groups (broad SMARTS) is 2. The maximum Gasteiger partial charge on any atom is 0.326 e. The van der Waals surface area contributed by atoms with Gasteiger partial charge in [0, 0.05) is 0 Å². The predicted octanol–water partition coefficient (Wildman–Crippen LogP) is -0.0208. The normalized spacial score (nSPS) is 14.3. The van der Waals surface area contributed by atoms with Crippen LogP contribution >= 0.6 is 11.8 Å². The summed E-state index contributed by atoms with van der Waals surface area (Å²) in [7, 11) is 0. The number of rotatable bonds is 15. The summed E-state index contributed by atoms with van der Waals surface area (Å²) < 4.78 is 0. The Morgan fingerprint density at radius 3 is 2.00 bits per heavy atom. The number of hydrogen-bond donors (Lipinski definition) is 6. The van der Waals surface area contributed by atoms with E-state index in [1.807, 2.05) is 6.07 Å². The average molecular weight is 511 g/mol. The molecular weight excluding hydrogens is 476 g/mol. The van der Waals surface area contributed by atoms with Gasteiger partial charge in [-0.3, -0.25) is 19.2 Å². The van der Waals surface area contributed by atoms with Crippen LogP contribution in [0.4, 0.5) is 0 Å². The lowest BCUT2D eigenvalue weighted by atomic mass is 10.0. The van der Waals surface area contributed by atoms with Gasteiger partial charge in [-0.05, 0) is 36.3 Å². The molecule has 4 atom stereocenters. The minimum Gasteiger partial charge on any atom is -0.481 e. The topological polar surface area (TPSA) is 188 Å². The Bertz CT molecular complexity index is 882. The van der Waals surface area contributed by atoms with Gasteiger partial charge in [0.25, 0.3) is 0 Å². The SMILES string of the molecule is CSCCC(NC(=O)C(CC(=O)O)NC(=O)C(N)Cc1ccccc1)C(=O)NC(C(=O)O)C(C)C. The third kappa shape index (κ3) is 10.8. The summed E-state index contributed by atoms with van der Waals surface area (Å²) in [6, 6.07) is 4.15. The van der Waals surface area contributed by atoms with Gasteiger partial charge in [-0.2, -0.15) is 11.8 Å². The lowest BCUT2D eigenvalue weighted by Crippen LogP contribution is -2.58. The lowest BCUT2D eigenvalue weighted by Gasteiger charge is -2.25. The van der Waals surface area contributed by atoms with Crippen LogP contribution in [0.25, 0.3) is 0 Å². The van der Waals surface area contributed by atoms with Gasteiger partial charge in [-0.25, -0.2) is 4.79 Å². The van der Waals surface area contributed by atoms with Crippen molar-refractivity contribution >= 4 is 41.4 Å². The number of hydrogen-bond acceptors (Lipinski definition) is 7. The molecule has 0 spiro atoms. The smallest absolute Gasteiger partial charge is 0.326 e. The number of carbonyl (C=O) groups is 5. The first-order valence-electron chi connectivity index (χ1n) is 11.1. The van der Waals surface area contributed by atoms with Gasteiger partial charge < -0.3 is 31.9 Å². The van der Waals surface area contributed by atoms with E-state index in [-0.39, 0.29) is 12.8 Å². The Hall–Kier alpha value is -3.12. The minimum atomic E-state index is -1.48. The minimum absolute atomic E-state index is 0.171. The summed E-state index contributed by atoms with van der Waals surface area (Å²) in [5.41, 5.74) is 6.73. The first-order valence-corrected chi connectivity index (χ1v) is 12.5. The van der Waals surface area contributed by atoms with Crippen LogP contribution in [0.1, 0.15) is 32.3 Å². The van der Waals surface area contributed by atoms with Crippen molar-refractivity contribution in [3.8, 4) is 0 Å². The van der Waals surface area contributed by atoms with Crippen LogP contribution in [0.3, 0.4) is 0 Å². The number of benzene rings is 1. The molecule has 1 rings (SSSR count). The molecule has 0 aliphatic heterocycles. The van der Waals surface area contributed by atoms with Gasteiger partial charge in [-0.1, -0.05) is 44.2 Å². The second-order valence-corrected chi connectivity index (χ2v) is 9.35. The first kappa shape index (κ1) is 29.9. The summed E-state index contributed by atoms with van der Waals surface area (Å²) in [4.78, 5) is 61.0. The molecule has 0 bridgehead atoms. The molecule has 194 valence electrons. The van der Waals surface area contributed by atoms with Crippen LogP contribution in [0.15, 0.2) is 30.3 Å². The van der Waals surface area contributed by atoms with E-state index in [1.54, 1.807) is 44.4 Å². The molecule has 1 aromatic rings. The largest absolute Gasteiger partial charge is 0.481 e. The van der Waals surface area contributed by atoms with Crippen molar-refractivity contribution in [1.82, 2.24) is 16.0 Å². The second kappa shape index (κ2) is 15.0. The second-order valence-electron chi connectivity index (χ2n) is 8.37. The van der Waals surface area contributed by atoms with Gasteiger partial charge in [-0.15, -0.1) is 0 Å². The molecule has 0 radical (unpaired) electrons. The van der Waals surface area contributed by atoms with Crippen LogP contribution in [0.2, 0.25) is 0 Å². The van der Waals surface area contributed by atoms with Crippen molar-refractivity contribution < 1.29 is 34.2 Å². The maximum atomic E-state index is 12.9. The zero-order chi connectivity index (χ0) is 26.5. The third-order valence-electron chi connectivity index (χ3n) is 5.12. The fraction of sp³-hybridized carbons (Fsp3) is 0.522. The molecule has 0 aliphatic carbocycles. The highest BCUT2D eigenvalue weighted by Gasteiger charge is 2.32. The number of carbonyl (C=O) groups excluding carboxylic acids is 3. The molecule has 0 saturated carbocycles. The molecule has 7 N–H and O–H groups in total. The standard InChI is InChI=1S/C23H34N4O7S/c1-13(2)19(23(33)34)27-21(31)16(9-10-35-3)25-22(32)17(12-18(28)29)26-20(30)15(24)11-14-7-5-4-6-8-14/h4-8,13,15-17,19H,9-12,24H2,1-3H3,(H,25,32)(H,26,30)(H,27,31)(H,28,29)(H,33,34). The van der Waals surface area contributed by atoms with E-state index in [0.29, 0.717) is 5.75 Å². The average Bonchev–Trinajstić information content (AvgIpc) is 2.79. The number of nitrogens with one attached hydrogen (secondary N) is 3. The Balaban J connectivity index is 2.95. The summed E-state index contributed by atoms with van der Waals surface area (Å²) in [6.07, 6.45) is 1.42. The van der Waals surface area contributed by atoms with E-state index in [1.165, 1.54) is 11.8 Å². The number of carboxylic acids is 2. The van der Waals surface area contributed by atoms with Crippen LogP contribution in [-0.2, 0) is 30.4 Å². The van der Waals surface area contributed by atoms with E-state index in [2.05, 4.69) is 16.0 Å². The Morgan fingerprint density at radius 2 is 1.49 bits per heavy atom.